The van der Waals surface area contributed by atoms with Gasteiger partial charge in [-0.1, -0.05) is 6.92 Å². The van der Waals surface area contributed by atoms with Crippen LogP contribution in [-0.4, -0.2) is 34.3 Å². The van der Waals surface area contributed by atoms with Gasteiger partial charge in [0.1, 0.15) is 5.82 Å². The molecule has 0 amide bonds. The van der Waals surface area contributed by atoms with Crippen molar-refractivity contribution in [3.05, 3.63) is 12.3 Å². The summed E-state index contributed by atoms with van der Waals surface area (Å²) in [6.45, 7) is 3.68. The Morgan fingerprint density at radius 1 is 1.60 bits per heavy atom. The molecule has 0 aliphatic carbocycles. The number of nitrogens with zero attached hydrogens (tertiary/aromatic N) is 3. The summed E-state index contributed by atoms with van der Waals surface area (Å²) in [5, 5.41) is 9.61. The zero-order valence-electron chi connectivity index (χ0n) is 8.80. The van der Waals surface area contributed by atoms with E-state index in [1.807, 2.05) is 13.0 Å². The summed E-state index contributed by atoms with van der Waals surface area (Å²) >= 11 is 0. The van der Waals surface area contributed by atoms with Crippen molar-refractivity contribution in [1.82, 2.24) is 9.97 Å². The zero-order valence-corrected chi connectivity index (χ0v) is 8.80. The topological polar surface area (TPSA) is 75.3 Å². The lowest BCUT2D eigenvalue weighted by atomic mass is 9.97. The van der Waals surface area contributed by atoms with E-state index < -0.39 is 0 Å². The molecule has 5 nitrogen and oxygen atoms in total. The van der Waals surface area contributed by atoms with Crippen LogP contribution >= 0.6 is 0 Å². The lowest BCUT2D eigenvalue weighted by Gasteiger charge is -2.35. The standard InChI is InChI=1S/C10H16N4O/c1-7-6-14(5-3-8(7)15)9-2-4-12-10(11)13-9/h2,4,7-8,15H,3,5-6H2,1H3,(H2,11,12,13). The van der Waals surface area contributed by atoms with Crippen LogP contribution in [0.25, 0.3) is 0 Å². The summed E-state index contributed by atoms with van der Waals surface area (Å²) in [6.07, 6.45) is 2.25. The highest BCUT2D eigenvalue weighted by Gasteiger charge is 2.24. The van der Waals surface area contributed by atoms with Gasteiger partial charge in [0.15, 0.2) is 0 Å². The molecule has 2 rings (SSSR count). The first kappa shape index (κ1) is 10.2. The predicted octanol–water partition coefficient (Wildman–Crippen LogP) is 0.266. The number of rotatable bonds is 1. The first-order valence-corrected chi connectivity index (χ1v) is 5.18. The van der Waals surface area contributed by atoms with Gasteiger partial charge in [-0.3, -0.25) is 0 Å². The number of hydrogen-bond acceptors (Lipinski definition) is 5. The van der Waals surface area contributed by atoms with Gasteiger partial charge in [0.05, 0.1) is 6.10 Å². The quantitative estimate of drug-likeness (QED) is 0.692. The van der Waals surface area contributed by atoms with Crippen LogP contribution in [0, 0.1) is 5.92 Å². The molecule has 0 saturated carbocycles. The van der Waals surface area contributed by atoms with E-state index in [0.29, 0.717) is 5.95 Å². The van der Waals surface area contributed by atoms with Crippen molar-refractivity contribution >= 4 is 11.8 Å². The summed E-state index contributed by atoms with van der Waals surface area (Å²) in [5.74, 6) is 1.42. The van der Waals surface area contributed by atoms with Gasteiger partial charge < -0.3 is 15.7 Å². The van der Waals surface area contributed by atoms with Gasteiger partial charge in [-0.05, 0) is 18.4 Å². The summed E-state index contributed by atoms with van der Waals surface area (Å²) in [6, 6.07) is 1.85. The number of anilines is 2. The monoisotopic (exact) mass is 208 g/mol. The van der Waals surface area contributed by atoms with Crippen LogP contribution < -0.4 is 10.6 Å². The average molecular weight is 208 g/mol. The second-order valence-electron chi connectivity index (χ2n) is 4.05. The molecule has 1 aromatic heterocycles. The number of aliphatic hydroxyl groups excluding tert-OH is 1. The number of nitrogens with two attached hydrogens (primary N) is 1. The number of aromatic nitrogens is 2. The Bertz CT molecular complexity index is 344. The fourth-order valence-electron chi connectivity index (χ4n) is 1.88. The fraction of sp³-hybridized carbons (Fsp3) is 0.600. The maximum Gasteiger partial charge on any atom is 0.221 e. The van der Waals surface area contributed by atoms with E-state index in [0.717, 1.165) is 25.3 Å². The van der Waals surface area contributed by atoms with E-state index in [4.69, 9.17) is 5.73 Å². The Balaban J connectivity index is 2.12. The van der Waals surface area contributed by atoms with E-state index in [2.05, 4.69) is 14.9 Å². The van der Waals surface area contributed by atoms with Gasteiger partial charge in [0.2, 0.25) is 5.95 Å². The second-order valence-corrected chi connectivity index (χ2v) is 4.05. The van der Waals surface area contributed by atoms with Crippen LogP contribution in [0.5, 0.6) is 0 Å². The van der Waals surface area contributed by atoms with Crippen LogP contribution in [0.4, 0.5) is 11.8 Å². The van der Waals surface area contributed by atoms with E-state index in [1.165, 1.54) is 0 Å². The van der Waals surface area contributed by atoms with Crippen molar-refractivity contribution in [2.45, 2.75) is 19.4 Å². The Morgan fingerprint density at radius 3 is 3.07 bits per heavy atom. The summed E-state index contributed by atoms with van der Waals surface area (Å²) < 4.78 is 0. The van der Waals surface area contributed by atoms with Crippen LogP contribution in [0.15, 0.2) is 12.3 Å². The molecule has 0 bridgehead atoms. The second kappa shape index (κ2) is 4.02. The van der Waals surface area contributed by atoms with Gasteiger partial charge >= 0.3 is 0 Å². The number of nitrogen functional groups attached to an aromatic ring is 1. The SMILES string of the molecule is CC1CN(c2ccnc(N)n2)CCC1O. The number of aliphatic hydroxyl groups is 1. The average Bonchev–Trinajstić information content (AvgIpc) is 2.22. The smallest absolute Gasteiger partial charge is 0.221 e. The molecule has 0 aromatic carbocycles. The highest BCUT2D eigenvalue weighted by Crippen LogP contribution is 2.21. The third kappa shape index (κ3) is 2.18. The van der Waals surface area contributed by atoms with Crippen molar-refractivity contribution in [1.29, 1.82) is 0 Å². The molecule has 2 atom stereocenters. The highest BCUT2D eigenvalue weighted by atomic mass is 16.3. The third-order valence-electron chi connectivity index (χ3n) is 2.84. The highest BCUT2D eigenvalue weighted by molar-refractivity contribution is 5.41. The van der Waals surface area contributed by atoms with E-state index in [9.17, 15) is 5.11 Å². The van der Waals surface area contributed by atoms with E-state index >= 15 is 0 Å². The number of hydrogen-bond donors (Lipinski definition) is 2. The summed E-state index contributed by atoms with van der Waals surface area (Å²) in [7, 11) is 0. The molecule has 1 aromatic rings. The molecule has 0 radical (unpaired) electrons. The molecule has 1 saturated heterocycles. The van der Waals surface area contributed by atoms with E-state index in [1.54, 1.807) is 6.20 Å². The molecule has 1 aliphatic heterocycles. The molecule has 15 heavy (non-hydrogen) atoms. The molecule has 5 heteroatoms. The fourth-order valence-corrected chi connectivity index (χ4v) is 1.88. The third-order valence-corrected chi connectivity index (χ3v) is 2.84. The Hall–Kier alpha value is -1.36. The van der Waals surface area contributed by atoms with Gasteiger partial charge in [0.25, 0.3) is 0 Å². The van der Waals surface area contributed by atoms with Crippen LogP contribution in [0.1, 0.15) is 13.3 Å². The minimum absolute atomic E-state index is 0.194. The molecule has 2 heterocycles. The lowest BCUT2D eigenvalue weighted by molar-refractivity contribution is 0.0969. The van der Waals surface area contributed by atoms with Crippen molar-refractivity contribution in [3.8, 4) is 0 Å². The normalized spacial score (nSPS) is 26.7. The van der Waals surface area contributed by atoms with E-state index in [-0.39, 0.29) is 12.0 Å². The largest absolute Gasteiger partial charge is 0.393 e. The Morgan fingerprint density at radius 2 is 2.40 bits per heavy atom. The Kier molecular flexibility index (Phi) is 2.73. The number of piperidine rings is 1. The van der Waals surface area contributed by atoms with Crippen molar-refractivity contribution in [2.24, 2.45) is 5.92 Å². The van der Waals surface area contributed by atoms with Crippen LogP contribution in [0.2, 0.25) is 0 Å². The first-order chi connectivity index (χ1) is 7.16. The van der Waals surface area contributed by atoms with Gasteiger partial charge in [-0.2, -0.15) is 4.98 Å². The molecule has 2 unspecified atom stereocenters. The molecule has 1 aliphatic rings. The van der Waals surface area contributed by atoms with Crippen LogP contribution in [0.3, 0.4) is 0 Å². The molecule has 3 N–H and O–H groups in total. The molecule has 1 fully saturated rings. The molecule has 82 valence electrons. The van der Waals surface area contributed by atoms with Crippen molar-refractivity contribution in [3.63, 3.8) is 0 Å². The maximum absolute atomic E-state index is 9.61. The van der Waals surface area contributed by atoms with Gasteiger partial charge in [-0.15, -0.1) is 0 Å². The lowest BCUT2D eigenvalue weighted by Crippen LogP contribution is -2.42. The Labute approximate surface area is 88.9 Å². The summed E-state index contributed by atoms with van der Waals surface area (Å²) in [5.41, 5.74) is 5.53. The minimum atomic E-state index is -0.194. The first-order valence-electron chi connectivity index (χ1n) is 5.18. The van der Waals surface area contributed by atoms with Gasteiger partial charge in [0, 0.05) is 19.3 Å². The van der Waals surface area contributed by atoms with Gasteiger partial charge in [-0.25, -0.2) is 4.98 Å². The maximum atomic E-state index is 9.61. The minimum Gasteiger partial charge on any atom is -0.393 e. The zero-order chi connectivity index (χ0) is 10.8. The van der Waals surface area contributed by atoms with Crippen molar-refractivity contribution in [2.75, 3.05) is 23.7 Å². The predicted molar refractivity (Wildman–Crippen MR) is 58.4 cm³/mol. The molecular formula is C10H16N4O. The summed E-state index contributed by atoms with van der Waals surface area (Å²) in [4.78, 5) is 10.2. The molecular weight excluding hydrogens is 192 g/mol. The molecule has 0 spiro atoms. The van der Waals surface area contributed by atoms with Crippen LogP contribution in [-0.2, 0) is 0 Å². The van der Waals surface area contributed by atoms with Crippen molar-refractivity contribution < 1.29 is 5.11 Å².